The summed E-state index contributed by atoms with van der Waals surface area (Å²) in [4.78, 5) is 0. The molecule has 0 spiro atoms. The van der Waals surface area contributed by atoms with E-state index < -0.39 is 11.9 Å². The summed E-state index contributed by atoms with van der Waals surface area (Å²) >= 11 is 5.69. The monoisotopic (exact) mass is 280 g/mol. The molecule has 2 nitrogen and oxygen atoms in total. The molecule has 0 amide bonds. The first-order chi connectivity index (χ1) is 9.11. The summed E-state index contributed by atoms with van der Waals surface area (Å²) in [6, 6.07) is 11.6. The first-order valence-corrected chi connectivity index (χ1v) is 6.24. The summed E-state index contributed by atoms with van der Waals surface area (Å²) in [6.07, 6.45) is -0.656. The number of hydrogen-bond acceptors (Lipinski definition) is 2. The maximum atomic E-state index is 13.7. The summed E-state index contributed by atoms with van der Waals surface area (Å²) < 4.78 is 18.9. The highest BCUT2D eigenvalue weighted by atomic mass is 35.5. The minimum absolute atomic E-state index is 0.232. The minimum atomic E-state index is -0.937. The maximum absolute atomic E-state index is 13.7. The zero-order chi connectivity index (χ0) is 13.8. The molecule has 0 heterocycles. The highest BCUT2D eigenvalue weighted by Crippen LogP contribution is 2.27. The number of ether oxygens (including phenoxy) is 1. The number of benzene rings is 2. The molecule has 4 heteroatoms. The lowest BCUT2D eigenvalue weighted by atomic mass is 10.0. The van der Waals surface area contributed by atoms with Gasteiger partial charge in [-0.25, -0.2) is 4.39 Å². The Morgan fingerprint density at radius 1 is 1.26 bits per heavy atom. The summed E-state index contributed by atoms with van der Waals surface area (Å²) in [5.74, 6) is 0.172. The molecule has 1 atom stereocenters. The molecule has 2 rings (SSSR count). The van der Waals surface area contributed by atoms with E-state index in [-0.39, 0.29) is 12.0 Å². The van der Waals surface area contributed by atoms with E-state index in [1.54, 1.807) is 19.2 Å². The Hall–Kier alpha value is -1.58. The number of rotatable bonds is 4. The number of para-hydroxylation sites is 1. The van der Waals surface area contributed by atoms with Gasteiger partial charge in [0, 0.05) is 17.0 Å². The van der Waals surface area contributed by atoms with Gasteiger partial charge in [0.25, 0.3) is 0 Å². The van der Waals surface area contributed by atoms with Crippen LogP contribution in [-0.2, 0) is 6.42 Å². The van der Waals surface area contributed by atoms with E-state index in [1.807, 2.05) is 18.2 Å². The van der Waals surface area contributed by atoms with Crippen molar-refractivity contribution in [2.24, 2.45) is 0 Å². The SMILES string of the molecule is COc1ccccc1CC(O)c1ccc(Cl)cc1F. The summed E-state index contributed by atoms with van der Waals surface area (Å²) in [5.41, 5.74) is 1.06. The molecule has 0 radical (unpaired) electrons. The molecular weight excluding hydrogens is 267 g/mol. The molecule has 0 aliphatic carbocycles. The fourth-order valence-corrected chi connectivity index (χ4v) is 2.12. The third-order valence-corrected chi connectivity index (χ3v) is 3.16. The van der Waals surface area contributed by atoms with Crippen molar-refractivity contribution in [3.63, 3.8) is 0 Å². The van der Waals surface area contributed by atoms with Gasteiger partial charge in [0.2, 0.25) is 0 Å². The van der Waals surface area contributed by atoms with Crippen LogP contribution in [0, 0.1) is 5.82 Å². The molecule has 19 heavy (non-hydrogen) atoms. The van der Waals surface area contributed by atoms with E-state index in [0.29, 0.717) is 10.8 Å². The highest BCUT2D eigenvalue weighted by Gasteiger charge is 2.15. The predicted octanol–water partition coefficient (Wildman–Crippen LogP) is 3.76. The van der Waals surface area contributed by atoms with Gasteiger partial charge in [-0.2, -0.15) is 0 Å². The van der Waals surface area contributed by atoms with Crippen molar-refractivity contribution in [2.45, 2.75) is 12.5 Å². The van der Waals surface area contributed by atoms with E-state index in [9.17, 15) is 9.50 Å². The average Bonchev–Trinajstić information content (AvgIpc) is 2.39. The smallest absolute Gasteiger partial charge is 0.130 e. The highest BCUT2D eigenvalue weighted by molar-refractivity contribution is 6.30. The molecular formula is C15H14ClFO2. The standard InChI is InChI=1S/C15H14ClFO2/c1-19-15-5-3-2-4-10(15)8-14(18)12-7-6-11(16)9-13(12)17/h2-7,9,14,18H,8H2,1H3. The van der Waals surface area contributed by atoms with Gasteiger partial charge in [-0.3, -0.25) is 0 Å². The topological polar surface area (TPSA) is 29.5 Å². The van der Waals surface area contributed by atoms with Gasteiger partial charge < -0.3 is 9.84 Å². The van der Waals surface area contributed by atoms with Crippen molar-refractivity contribution in [1.82, 2.24) is 0 Å². The lowest BCUT2D eigenvalue weighted by Gasteiger charge is -2.14. The molecule has 0 aliphatic rings. The van der Waals surface area contributed by atoms with Crippen molar-refractivity contribution in [2.75, 3.05) is 7.11 Å². The molecule has 0 bridgehead atoms. The van der Waals surface area contributed by atoms with Gasteiger partial charge in [-0.15, -0.1) is 0 Å². The summed E-state index contributed by atoms with van der Waals surface area (Å²) in [6.45, 7) is 0. The Morgan fingerprint density at radius 2 is 2.00 bits per heavy atom. The van der Waals surface area contributed by atoms with Gasteiger partial charge in [-0.1, -0.05) is 35.9 Å². The van der Waals surface area contributed by atoms with E-state index in [2.05, 4.69) is 0 Å². The zero-order valence-corrected chi connectivity index (χ0v) is 11.2. The number of halogens is 2. The van der Waals surface area contributed by atoms with Crippen molar-refractivity contribution < 1.29 is 14.2 Å². The van der Waals surface area contributed by atoms with Crippen molar-refractivity contribution in [1.29, 1.82) is 0 Å². The normalized spacial score (nSPS) is 12.2. The molecule has 0 fully saturated rings. The molecule has 0 saturated heterocycles. The number of aliphatic hydroxyl groups excluding tert-OH is 1. The Labute approximate surface area is 116 Å². The van der Waals surface area contributed by atoms with Crippen LogP contribution in [0.3, 0.4) is 0 Å². The molecule has 1 unspecified atom stereocenters. The first-order valence-electron chi connectivity index (χ1n) is 5.86. The quantitative estimate of drug-likeness (QED) is 0.924. The minimum Gasteiger partial charge on any atom is -0.496 e. The van der Waals surface area contributed by atoms with Crippen LogP contribution in [0.4, 0.5) is 4.39 Å². The first kappa shape index (κ1) is 13.8. The van der Waals surface area contributed by atoms with Gasteiger partial charge >= 0.3 is 0 Å². The fraction of sp³-hybridized carbons (Fsp3) is 0.200. The fourth-order valence-electron chi connectivity index (χ4n) is 1.96. The number of hydrogen-bond donors (Lipinski definition) is 1. The van der Waals surface area contributed by atoms with Gasteiger partial charge in [0.05, 0.1) is 13.2 Å². The molecule has 1 N–H and O–H groups in total. The van der Waals surface area contributed by atoms with E-state index in [4.69, 9.17) is 16.3 Å². The van der Waals surface area contributed by atoms with Gasteiger partial charge in [0.1, 0.15) is 11.6 Å². The van der Waals surface area contributed by atoms with Crippen LogP contribution < -0.4 is 4.74 Å². The van der Waals surface area contributed by atoms with Crippen LogP contribution in [0.5, 0.6) is 5.75 Å². The largest absolute Gasteiger partial charge is 0.496 e. The Kier molecular flexibility index (Phi) is 4.40. The van der Waals surface area contributed by atoms with Crippen LogP contribution in [0.1, 0.15) is 17.2 Å². The van der Waals surface area contributed by atoms with Crippen LogP contribution in [-0.4, -0.2) is 12.2 Å². The Balaban J connectivity index is 2.23. The zero-order valence-electron chi connectivity index (χ0n) is 10.4. The third kappa shape index (κ3) is 3.25. The molecule has 100 valence electrons. The van der Waals surface area contributed by atoms with E-state index >= 15 is 0 Å². The van der Waals surface area contributed by atoms with Gasteiger partial charge in [0.15, 0.2) is 0 Å². The Morgan fingerprint density at radius 3 is 2.68 bits per heavy atom. The number of methoxy groups -OCH3 is 1. The van der Waals surface area contributed by atoms with Crippen molar-refractivity contribution >= 4 is 11.6 Å². The summed E-state index contributed by atoms with van der Waals surface area (Å²) in [7, 11) is 1.56. The van der Waals surface area contributed by atoms with Crippen molar-refractivity contribution in [3.05, 3.63) is 64.4 Å². The van der Waals surface area contributed by atoms with Crippen LogP contribution in [0.25, 0.3) is 0 Å². The molecule has 2 aromatic carbocycles. The lowest BCUT2D eigenvalue weighted by molar-refractivity contribution is 0.172. The summed E-state index contributed by atoms with van der Waals surface area (Å²) in [5, 5.41) is 10.4. The van der Waals surface area contributed by atoms with Crippen LogP contribution in [0.15, 0.2) is 42.5 Å². The molecule has 0 saturated carbocycles. The third-order valence-electron chi connectivity index (χ3n) is 2.93. The second-order valence-electron chi connectivity index (χ2n) is 4.20. The molecule has 0 aromatic heterocycles. The second-order valence-corrected chi connectivity index (χ2v) is 4.63. The van der Waals surface area contributed by atoms with E-state index in [1.165, 1.54) is 12.1 Å². The van der Waals surface area contributed by atoms with Crippen LogP contribution in [0.2, 0.25) is 5.02 Å². The molecule has 0 aliphatic heterocycles. The van der Waals surface area contributed by atoms with Gasteiger partial charge in [-0.05, 0) is 23.8 Å². The predicted molar refractivity (Wildman–Crippen MR) is 73.1 cm³/mol. The van der Waals surface area contributed by atoms with Crippen LogP contribution >= 0.6 is 11.6 Å². The maximum Gasteiger partial charge on any atom is 0.130 e. The average molecular weight is 281 g/mol. The Bertz CT molecular complexity index is 572. The lowest BCUT2D eigenvalue weighted by Crippen LogP contribution is -2.05. The number of aliphatic hydroxyl groups is 1. The second kappa shape index (κ2) is 6.04. The van der Waals surface area contributed by atoms with Crippen molar-refractivity contribution in [3.8, 4) is 5.75 Å². The van der Waals surface area contributed by atoms with E-state index in [0.717, 1.165) is 5.56 Å². The molecule has 2 aromatic rings.